The number of carbonyl (C=O) groups excluding carboxylic acids is 1. The highest BCUT2D eigenvalue weighted by atomic mass is 16.4. The van der Waals surface area contributed by atoms with Gasteiger partial charge in [0.25, 0.3) is 0 Å². The van der Waals surface area contributed by atoms with Gasteiger partial charge < -0.3 is 15.8 Å². The van der Waals surface area contributed by atoms with Gasteiger partial charge in [0.1, 0.15) is 6.04 Å². The average Bonchev–Trinajstić information content (AvgIpc) is 3.19. The standard InChI is InChI=1S/C23H22N4O3/c28-15-24-20-14-18(16-6-2-1-3-7-16)11-10-17(20)12-13-22(23(29)30)27-21-9-5-4-8-19(21)25-26-27/h1-11,14-15,22,25-26H,12-13H2,(H,24,28)(H,29,30)/t22-/m1/s1. The number of carboxylic acids is 1. The van der Waals surface area contributed by atoms with Crippen molar-refractivity contribution in [2.24, 2.45) is 0 Å². The van der Waals surface area contributed by atoms with E-state index in [1.54, 1.807) is 5.01 Å². The Morgan fingerprint density at radius 1 is 1.03 bits per heavy atom. The van der Waals surface area contributed by atoms with Gasteiger partial charge in [-0.3, -0.25) is 9.80 Å². The summed E-state index contributed by atoms with van der Waals surface area (Å²) in [6.45, 7) is 0. The van der Waals surface area contributed by atoms with Crippen molar-refractivity contribution in [2.45, 2.75) is 18.9 Å². The second-order valence-electron chi connectivity index (χ2n) is 7.02. The van der Waals surface area contributed by atoms with E-state index in [1.165, 1.54) is 0 Å². The van der Waals surface area contributed by atoms with Crippen LogP contribution in [0.4, 0.5) is 17.1 Å². The molecule has 152 valence electrons. The van der Waals surface area contributed by atoms with E-state index in [4.69, 9.17) is 0 Å². The van der Waals surface area contributed by atoms with Gasteiger partial charge in [-0.25, -0.2) is 4.79 Å². The fourth-order valence-corrected chi connectivity index (χ4v) is 3.67. The summed E-state index contributed by atoms with van der Waals surface area (Å²) in [4.78, 5) is 23.1. The number of benzene rings is 3. The van der Waals surface area contributed by atoms with Crippen LogP contribution < -0.4 is 21.3 Å². The molecule has 0 bridgehead atoms. The quantitative estimate of drug-likeness (QED) is 0.430. The van der Waals surface area contributed by atoms with Crippen molar-refractivity contribution in [2.75, 3.05) is 15.8 Å². The molecule has 3 aromatic rings. The highest BCUT2D eigenvalue weighted by Gasteiger charge is 2.31. The van der Waals surface area contributed by atoms with Gasteiger partial charge in [0, 0.05) is 5.69 Å². The van der Waals surface area contributed by atoms with Gasteiger partial charge in [-0.1, -0.05) is 54.6 Å². The lowest BCUT2D eigenvalue weighted by atomic mass is 9.98. The molecule has 30 heavy (non-hydrogen) atoms. The largest absolute Gasteiger partial charge is 0.480 e. The van der Waals surface area contributed by atoms with Crippen LogP contribution in [-0.4, -0.2) is 23.5 Å². The van der Waals surface area contributed by atoms with E-state index in [1.807, 2.05) is 72.8 Å². The SMILES string of the molecule is O=CNc1cc(-c2ccccc2)ccc1CC[C@H](C(=O)O)N1NNc2ccccc21. The number of amides is 1. The van der Waals surface area contributed by atoms with Gasteiger partial charge in [0.2, 0.25) is 6.41 Å². The van der Waals surface area contributed by atoms with E-state index in [0.717, 1.165) is 28.1 Å². The highest BCUT2D eigenvalue weighted by molar-refractivity contribution is 5.83. The van der Waals surface area contributed by atoms with Crippen LogP contribution in [0.25, 0.3) is 11.1 Å². The molecular formula is C23H22N4O3. The normalized spacial score (nSPS) is 13.3. The Balaban J connectivity index is 1.55. The molecule has 1 aliphatic rings. The summed E-state index contributed by atoms with van der Waals surface area (Å²) in [6, 6.07) is 22.5. The fraction of sp³-hybridized carbons (Fsp3) is 0.130. The Morgan fingerprint density at radius 3 is 2.57 bits per heavy atom. The lowest BCUT2D eigenvalue weighted by molar-refractivity contribution is -0.138. The van der Waals surface area contributed by atoms with Gasteiger partial charge >= 0.3 is 5.97 Å². The van der Waals surface area contributed by atoms with Crippen LogP contribution in [0.3, 0.4) is 0 Å². The van der Waals surface area contributed by atoms with Crippen LogP contribution in [0.1, 0.15) is 12.0 Å². The number of fused-ring (bicyclic) bond motifs is 1. The first-order chi connectivity index (χ1) is 14.7. The molecule has 0 saturated heterocycles. The van der Waals surface area contributed by atoms with E-state index >= 15 is 0 Å². The predicted octanol–water partition coefficient (Wildman–Crippen LogP) is 3.66. The first kappa shape index (κ1) is 19.5. The summed E-state index contributed by atoms with van der Waals surface area (Å²) in [5.74, 6) is -0.924. The average molecular weight is 402 g/mol. The number of anilines is 3. The maximum atomic E-state index is 12.0. The number of aryl methyl sites for hydroxylation is 1. The molecule has 1 atom stereocenters. The molecule has 0 aromatic heterocycles. The first-order valence-electron chi connectivity index (χ1n) is 9.68. The maximum Gasteiger partial charge on any atom is 0.328 e. The number of carboxylic acid groups (broad SMARTS) is 1. The molecule has 4 rings (SSSR count). The number of carbonyl (C=O) groups is 2. The summed E-state index contributed by atoms with van der Waals surface area (Å²) in [7, 11) is 0. The lowest BCUT2D eigenvalue weighted by Crippen LogP contribution is -2.48. The molecule has 0 unspecified atom stereocenters. The van der Waals surface area contributed by atoms with Crippen LogP contribution in [0.2, 0.25) is 0 Å². The first-order valence-corrected chi connectivity index (χ1v) is 9.68. The minimum Gasteiger partial charge on any atom is -0.480 e. The van der Waals surface area contributed by atoms with Crippen LogP contribution in [0.5, 0.6) is 0 Å². The number of para-hydroxylation sites is 2. The lowest BCUT2D eigenvalue weighted by Gasteiger charge is -2.26. The van der Waals surface area contributed by atoms with E-state index < -0.39 is 12.0 Å². The number of aliphatic carboxylic acids is 1. The van der Waals surface area contributed by atoms with Gasteiger partial charge in [-0.05, 0) is 47.7 Å². The summed E-state index contributed by atoms with van der Waals surface area (Å²) < 4.78 is 0. The number of hydrogen-bond acceptors (Lipinski definition) is 5. The Bertz CT molecular complexity index is 1060. The molecule has 1 amide bonds. The molecule has 0 spiro atoms. The molecule has 0 fully saturated rings. The molecule has 7 heteroatoms. The minimum atomic E-state index is -0.924. The zero-order valence-corrected chi connectivity index (χ0v) is 16.2. The molecule has 3 aromatic carbocycles. The van der Waals surface area contributed by atoms with Crippen molar-refractivity contribution in [3.63, 3.8) is 0 Å². The second kappa shape index (κ2) is 8.67. The molecule has 0 aliphatic carbocycles. The van der Waals surface area contributed by atoms with Crippen molar-refractivity contribution in [3.05, 3.63) is 78.4 Å². The van der Waals surface area contributed by atoms with Crippen LogP contribution in [-0.2, 0) is 16.0 Å². The summed E-state index contributed by atoms with van der Waals surface area (Å²) in [5, 5.41) is 14.2. The summed E-state index contributed by atoms with van der Waals surface area (Å²) in [5.41, 5.74) is 11.2. The van der Waals surface area contributed by atoms with E-state index in [2.05, 4.69) is 16.3 Å². The number of hydrogen-bond donors (Lipinski definition) is 4. The molecule has 1 heterocycles. The van der Waals surface area contributed by atoms with Crippen LogP contribution >= 0.6 is 0 Å². The van der Waals surface area contributed by atoms with Gasteiger partial charge in [0.15, 0.2) is 0 Å². The fourth-order valence-electron chi connectivity index (χ4n) is 3.67. The van der Waals surface area contributed by atoms with E-state index in [9.17, 15) is 14.7 Å². The molecule has 4 N–H and O–H groups in total. The van der Waals surface area contributed by atoms with Gasteiger partial charge in [0.05, 0.1) is 11.4 Å². The Kier molecular flexibility index (Phi) is 5.63. The topological polar surface area (TPSA) is 93.7 Å². The zero-order valence-electron chi connectivity index (χ0n) is 16.2. The van der Waals surface area contributed by atoms with Gasteiger partial charge in [-0.2, -0.15) is 0 Å². The Labute approximate surface area is 174 Å². The number of nitrogens with one attached hydrogen (secondary N) is 3. The second-order valence-corrected chi connectivity index (χ2v) is 7.02. The summed E-state index contributed by atoms with van der Waals surface area (Å²) >= 11 is 0. The summed E-state index contributed by atoms with van der Waals surface area (Å²) in [6.07, 6.45) is 1.49. The highest BCUT2D eigenvalue weighted by Crippen LogP contribution is 2.32. The smallest absolute Gasteiger partial charge is 0.328 e. The minimum absolute atomic E-state index is 0.358. The molecule has 7 nitrogen and oxygen atoms in total. The van der Waals surface area contributed by atoms with Crippen molar-refractivity contribution in [1.29, 1.82) is 0 Å². The van der Waals surface area contributed by atoms with Crippen molar-refractivity contribution in [3.8, 4) is 11.1 Å². The molecular weight excluding hydrogens is 380 g/mol. The van der Waals surface area contributed by atoms with Crippen molar-refractivity contribution in [1.82, 2.24) is 5.53 Å². The van der Waals surface area contributed by atoms with Crippen molar-refractivity contribution < 1.29 is 14.7 Å². The van der Waals surface area contributed by atoms with Crippen LogP contribution in [0, 0.1) is 0 Å². The third-order valence-electron chi connectivity index (χ3n) is 5.19. The third-order valence-corrected chi connectivity index (χ3v) is 5.19. The van der Waals surface area contributed by atoms with E-state index in [0.29, 0.717) is 24.9 Å². The number of hydrazine groups is 2. The Hall–Kier alpha value is -3.84. The molecule has 0 radical (unpaired) electrons. The maximum absolute atomic E-state index is 12.0. The number of rotatable bonds is 8. The monoisotopic (exact) mass is 402 g/mol. The number of nitrogens with zero attached hydrogens (tertiary/aromatic N) is 1. The Morgan fingerprint density at radius 2 is 1.80 bits per heavy atom. The van der Waals surface area contributed by atoms with Crippen molar-refractivity contribution >= 4 is 29.4 Å². The van der Waals surface area contributed by atoms with E-state index in [-0.39, 0.29) is 0 Å². The van der Waals surface area contributed by atoms with Crippen LogP contribution in [0.15, 0.2) is 72.8 Å². The van der Waals surface area contributed by atoms with Gasteiger partial charge in [-0.15, -0.1) is 5.53 Å². The predicted molar refractivity (Wildman–Crippen MR) is 117 cm³/mol. The zero-order chi connectivity index (χ0) is 20.9. The third kappa shape index (κ3) is 3.97. The molecule has 0 saturated carbocycles. The molecule has 1 aliphatic heterocycles.